The molecule has 0 fully saturated rings. The summed E-state index contributed by atoms with van der Waals surface area (Å²) in [5, 5.41) is 21.1. The molecule has 6 nitrogen and oxygen atoms in total. The highest BCUT2D eigenvalue weighted by atomic mass is 16.4. The van der Waals surface area contributed by atoms with Crippen molar-refractivity contribution in [2.24, 2.45) is 11.1 Å². The lowest BCUT2D eigenvalue weighted by atomic mass is 9.84. The molecule has 0 bridgehead atoms. The van der Waals surface area contributed by atoms with E-state index in [1.807, 2.05) is 13.8 Å². The third-order valence-electron chi connectivity index (χ3n) is 3.37. The van der Waals surface area contributed by atoms with Crippen molar-refractivity contribution < 1.29 is 19.8 Å². The van der Waals surface area contributed by atoms with Crippen LogP contribution in [0.4, 0.5) is 5.69 Å². The lowest BCUT2D eigenvalue weighted by Crippen LogP contribution is -2.20. The minimum Gasteiger partial charge on any atom is -0.506 e. The highest BCUT2D eigenvalue weighted by Crippen LogP contribution is 2.28. The predicted molar refractivity (Wildman–Crippen MR) is 80.4 cm³/mol. The van der Waals surface area contributed by atoms with E-state index in [9.17, 15) is 14.7 Å². The van der Waals surface area contributed by atoms with Crippen molar-refractivity contribution in [1.29, 1.82) is 0 Å². The zero-order chi connectivity index (χ0) is 16.0. The number of carbonyl (C=O) groups is 2. The molecule has 6 heteroatoms. The number of phenols is 1. The van der Waals surface area contributed by atoms with Crippen LogP contribution in [-0.2, 0) is 4.79 Å². The Kier molecular flexibility index (Phi) is 5.72. The maximum atomic E-state index is 11.9. The van der Waals surface area contributed by atoms with E-state index in [2.05, 4.69) is 5.32 Å². The Bertz CT molecular complexity index is 526. The van der Waals surface area contributed by atoms with E-state index < -0.39 is 5.97 Å². The van der Waals surface area contributed by atoms with Gasteiger partial charge in [-0.25, -0.2) is 4.79 Å². The fourth-order valence-electron chi connectivity index (χ4n) is 1.95. The number of rotatable bonds is 7. The molecule has 1 rings (SSSR count). The minimum atomic E-state index is -1.12. The van der Waals surface area contributed by atoms with Gasteiger partial charge in [0.15, 0.2) is 0 Å². The second kappa shape index (κ2) is 7.08. The van der Waals surface area contributed by atoms with Crippen molar-refractivity contribution in [1.82, 2.24) is 0 Å². The SMILES string of the molecule is CC(C)(CCN)CCC(=O)Nc1cc(C(=O)O)ccc1O. The molecule has 0 unspecified atom stereocenters. The zero-order valence-corrected chi connectivity index (χ0v) is 12.3. The van der Waals surface area contributed by atoms with Crippen LogP contribution >= 0.6 is 0 Å². The van der Waals surface area contributed by atoms with E-state index in [-0.39, 0.29) is 34.7 Å². The third-order valence-corrected chi connectivity index (χ3v) is 3.37. The first-order chi connectivity index (χ1) is 9.75. The van der Waals surface area contributed by atoms with E-state index in [1.54, 1.807) is 0 Å². The topological polar surface area (TPSA) is 113 Å². The number of phenolic OH excluding ortho intramolecular Hbond substituents is 1. The summed E-state index contributed by atoms with van der Waals surface area (Å²) in [5.74, 6) is -1.54. The van der Waals surface area contributed by atoms with Gasteiger partial charge in [0.2, 0.25) is 5.91 Å². The number of benzene rings is 1. The fraction of sp³-hybridized carbons (Fsp3) is 0.467. The maximum Gasteiger partial charge on any atom is 0.335 e. The van der Waals surface area contributed by atoms with E-state index in [1.165, 1.54) is 18.2 Å². The van der Waals surface area contributed by atoms with Crippen LogP contribution in [0.15, 0.2) is 18.2 Å². The van der Waals surface area contributed by atoms with Gasteiger partial charge in [0.1, 0.15) is 5.75 Å². The first kappa shape index (κ1) is 17.0. The molecule has 0 aromatic heterocycles. The van der Waals surface area contributed by atoms with Crippen molar-refractivity contribution in [2.75, 3.05) is 11.9 Å². The molecule has 0 aliphatic heterocycles. The Labute approximate surface area is 124 Å². The summed E-state index contributed by atoms with van der Waals surface area (Å²) in [6, 6.07) is 3.76. The molecular weight excluding hydrogens is 272 g/mol. The average molecular weight is 294 g/mol. The average Bonchev–Trinajstić information content (AvgIpc) is 2.39. The Morgan fingerprint density at radius 1 is 1.29 bits per heavy atom. The number of nitrogens with one attached hydrogen (secondary N) is 1. The van der Waals surface area contributed by atoms with E-state index in [0.29, 0.717) is 13.0 Å². The van der Waals surface area contributed by atoms with Crippen molar-refractivity contribution in [3.8, 4) is 5.75 Å². The first-order valence-corrected chi connectivity index (χ1v) is 6.81. The summed E-state index contributed by atoms with van der Waals surface area (Å²) < 4.78 is 0. The largest absolute Gasteiger partial charge is 0.506 e. The predicted octanol–water partition coefficient (Wildman–Crippen LogP) is 2.18. The number of hydrogen-bond acceptors (Lipinski definition) is 4. The van der Waals surface area contributed by atoms with Crippen LogP contribution in [0.2, 0.25) is 0 Å². The van der Waals surface area contributed by atoms with Crippen molar-refractivity contribution >= 4 is 17.6 Å². The first-order valence-electron chi connectivity index (χ1n) is 6.81. The number of anilines is 1. The smallest absolute Gasteiger partial charge is 0.335 e. The van der Waals surface area contributed by atoms with Crippen molar-refractivity contribution in [3.63, 3.8) is 0 Å². The maximum absolute atomic E-state index is 11.9. The molecule has 0 atom stereocenters. The standard InChI is InChI=1S/C15H22N2O4/c1-15(2,7-8-16)6-5-13(19)17-11-9-10(14(20)21)3-4-12(11)18/h3-4,9,18H,5-8,16H2,1-2H3,(H,17,19)(H,20,21). The lowest BCUT2D eigenvalue weighted by molar-refractivity contribution is -0.116. The fourth-order valence-corrected chi connectivity index (χ4v) is 1.95. The number of hydrogen-bond donors (Lipinski definition) is 4. The van der Waals surface area contributed by atoms with Gasteiger partial charge in [-0.15, -0.1) is 0 Å². The van der Waals surface area contributed by atoms with Crippen LogP contribution in [0, 0.1) is 5.41 Å². The zero-order valence-electron chi connectivity index (χ0n) is 12.3. The number of aromatic carboxylic acids is 1. The van der Waals surface area contributed by atoms with Crippen LogP contribution < -0.4 is 11.1 Å². The van der Waals surface area contributed by atoms with Gasteiger partial charge in [-0.3, -0.25) is 4.79 Å². The van der Waals surface area contributed by atoms with E-state index in [0.717, 1.165) is 6.42 Å². The number of carboxylic acid groups (broad SMARTS) is 1. The second-order valence-corrected chi connectivity index (χ2v) is 5.79. The molecule has 0 heterocycles. The Morgan fingerprint density at radius 2 is 1.95 bits per heavy atom. The summed E-state index contributed by atoms with van der Waals surface area (Å²) >= 11 is 0. The van der Waals surface area contributed by atoms with Gasteiger partial charge in [0.25, 0.3) is 0 Å². The quantitative estimate of drug-likeness (QED) is 0.576. The monoisotopic (exact) mass is 294 g/mol. The number of aromatic hydroxyl groups is 1. The molecule has 0 saturated heterocycles. The second-order valence-electron chi connectivity index (χ2n) is 5.79. The van der Waals surface area contributed by atoms with Gasteiger partial charge in [-0.1, -0.05) is 13.8 Å². The van der Waals surface area contributed by atoms with Crippen LogP contribution in [0.5, 0.6) is 5.75 Å². The molecular formula is C15H22N2O4. The van der Waals surface area contributed by atoms with Crippen LogP contribution in [0.3, 0.4) is 0 Å². The van der Waals surface area contributed by atoms with Gasteiger partial charge in [0, 0.05) is 6.42 Å². The molecule has 0 aliphatic rings. The summed E-state index contributed by atoms with van der Waals surface area (Å²) in [6.45, 7) is 4.64. The molecule has 0 saturated carbocycles. The molecule has 1 aromatic rings. The highest BCUT2D eigenvalue weighted by Gasteiger charge is 2.19. The van der Waals surface area contributed by atoms with Gasteiger partial charge in [-0.2, -0.15) is 0 Å². The van der Waals surface area contributed by atoms with Gasteiger partial charge in [0.05, 0.1) is 11.3 Å². The number of carbonyl (C=O) groups excluding carboxylic acids is 1. The van der Waals surface area contributed by atoms with Gasteiger partial charge < -0.3 is 21.3 Å². The van der Waals surface area contributed by atoms with E-state index in [4.69, 9.17) is 10.8 Å². The van der Waals surface area contributed by atoms with E-state index >= 15 is 0 Å². The van der Waals surface area contributed by atoms with Gasteiger partial charge >= 0.3 is 5.97 Å². The molecule has 0 spiro atoms. The van der Waals surface area contributed by atoms with Crippen LogP contribution in [-0.4, -0.2) is 28.6 Å². The third kappa shape index (κ3) is 5.43. The minimum absolute atomic E-state index is 0.00608. The Morgan fingerprint density at radius 3 is 2.52 bits per heavy atom. The number of amides is 1. The molecule has 1 amide bonds. The Hall–Kier alpha value is -2.08. The summed E-state index contributed by atoms with van der Waals surface area (Å²) in [4.78, 5) is 22.8. The Balaban J connectivity index is 2.67. The summed E-state index contributed by atoms with van der Waals surface area (Å²) in [6.07, 6.45) is 1.76. The molecule has 116 valence electrons. The number of nitrogens with two attached hydrogens (primary N) is 1. The van der Waals surface area contributed by atoms with Crippen LogP contribution in [0.1, 0.15) is 43.5 Å². The molecule has 21 heavy (non-hydrogen) atoms. The summed E-state index contributed by atoms with van der Waals surface area (Å²) in [5.41, 5.74) is 5.60. The summed E-state index contributed by atoms with van der Waals surface area (Å²) in [7, 11) is 0. The molecule has 1 aromatic carbocycles. The van der Waals surface area contributed by atoms with Crippen molar-refractivity contribution in [2.45, 2.75) is 33.1 Å². The van der Waals surface area contributed by atoms with Gasteiger partial charge in [-0.05, 0) is 43.0 Å². The number of carboxylic acids is 1. The molecule has 5 N–H and O–H groups in total. The van der Waals surface area contributed by atoms with Crippen LogP contribution in [0.25, 0.3) is 0 Å². The van der Waals surface area contributed by atoms with Crippen molar-refractivity contribution in [3.05, 3.63) is 23.8 Å². The lowest BCUT2D eigenvalue weighted by Gasteiger charge is -2.23. The highest BCUT2D eigenvalue weighted by molar-refractivity contribution is 5.95. The normalized spacial score (nSPS) is 11.2. The molecule has 0 aliphatic carbocycles. The molecule has 0 radical (unpaired) electrons.